The number of nitrogens with zero attached hydrogens (tertiary/aromatic N) is 1. The Hall–Kier alpha value is -0.860. The lowest BCUT2D eigenvalue weighted by molar-refractivity contribution is 0.103. The number of rotatable bonds is 6. The van der Waals surface area contributed by atoms with Gasteiger partial charge in [0.15, 0.2) is 0 Å². The quantitative estimate of drug-likeness (QED) is 0.851. The highest BCUT2D eigenvalue weighted by molar-refractivity contribution is 5.22. The minimum absolute atomic E-state index is 0.670. The molecule has 0 spiro atoms. The molecule has 2 nitrogen and oxygen atoms in total. The van der Waals surface area contributed by atoms with Gasteiger partial charge in [-0.15, -0.1) is 0 Å². The van der Waals surface area contributed by atoms with E-state index in [9.17, 15) is 0 Å². The van der Waals surface area contributed by atoms with Crippen molar-refractivity contribution in [2.45, 2.75) is 65.6 Å². The molecule has 1 N–H and O–H groups in total. The van der Waals surface area contributed by atoms with Gasteiger partial charge in [-0.1, -0.05) is 57.0 Å². The first-order valence-electron chi connectivity index (χ1n) is 8.61. The summed E-state index contributed by atoms with van der Waals surface area (Å²) in [6, 6.07) is 10.3. The summed E-state index contributed by atoms with van der Waals surface area (Å²) in [6.45, 7) is 12.6. The Kier molecular flexibility index (Phi) is 6.25. The lowest BCUT2D eigenvalue weighted by Crippen LogP contribution is -2.56. The highest BCUT2D eigenvalue weighted by Gasteiger charge is 2.27. The van der Waals surface area contributed by atoms with E-state index >= 15 is 0 Å². The number of piperazine rings is 1. The molecule has 0 aromatic heterocycles. The van der Waals surface area contributed by atoms with Crippen LogP contribution in [0.4, 0.5) is 0 Å². The van der Waals surface area contributed by atoms with Crippen LogP contribution in [-0.4, -0.2) is 30.1 Å². The Morgan fingerprint density at radius 1 is 1.33 bits per heavy atom. The van der Waals surface area contributed by atoms with Crippen LogP contribution in [0.1, 0.15) is 51.2 Å². The molecular weight excluding hydrogens is 256 g/mol. The molecule has 0 aliphatic carbocycles. The average molecular weight is 288 g/mol. The second kappa shape index (κ2) is 7.95. The monoisotopic (exact) mass is 288 g/mol. The Morgan fingerprint density at radius 3 is 2.81 bits per heavy atom. The topological polar surface area (TPSA) is 15.3 Å². The summed E-state index contributed by atoms with van der Waals surface area (Å²) < 4.78 is 0. The van der Waals surface area contributed by atoms with Crippen molar-refractivity contribution in [2.75, 3.05) is 13.1 Å². The Morgan fingerprint density at radius 2 is 2.14 bits per heavy atom. The van der Waals surface area contributed by atoms with Crippen molar-refractivity contribution in [1.82, 2.24) is 10.2 Å². The first-order valence-corrected chi connectivity index (χ1v) is 8.61. The van der Waals surface area contributed by atoms with Crippen LogP contribution in [-0.2, 0) is 6.54 Å². The maximum Gasteiger partial charge on any atom is 0.0237 e. The second-order valence-corrected chi connectivity index (χ2v) is 7.10. The molecule has 2 heteroatoms. The highest BCUT2D eigenvalue weighted by atomic mass is 15.2. The van der Waals surface area contributed by atoms with E-state index in [1.54, 1.807) is 0 Å². The van der Waals surface area contributed by atoms with Gasteiger partial charge in [-0.05, 0) is 31.2 Å². The van der Waals surface area contributed by atoms with Gasteiger partial charge in [-0.3, -0.25) is 4.90 Å². The maximum atomic E-state index is 3.76. The Labute approximate surface area is 130 Å². The number of nitrogens with one attached hydrogen (secondary N) is 1. The molecule has 0 radical (unpaired) electrons. The van der Waals surface area contributed by atoms with Crippen molar-refractivity contribution < 1.29 is 0 Å². The second-order valence-electron chi connectivity index (χ2n) is 7.10. The molecule has 1 aromatic rings. The van der Waals surface area contributed by atoms with E-state index < -0.39 is 0 Å². The summed E-state index contributed by atoms with van der Waals surface area (Å²) in [6.07, 6.45) is 3.85. The smallest absolute Gasteiger partial charge is 0.0237 e. The summed E-state index contributed by atoms with van der Waals surface area (Å²) in [7, 11) is 0. The van der Waals surface area contributed by atoms with Crippen LogP contribution in [0.3, 0.4) is 0 Å². The van der Waals surface area contributed by atoms with Crippen LogP contribution in [0.5, 0.6) is 0 Å². The van der Waals surface area contributed by atoms with Gasteiger partial charge in [0.05, 0.1) is 0 Å². The zero-order chi connectivity index (χ0) is 15.2. The van der Waals surface area contributed by atoms with Crippen LogP contribution in [0.25, 0.3) is 0 Å². The first kappa shape index (κ1) is 16.5. The zero-order valence-corrected chi connectivity index (χ0v) is 14.2. The molecule has 118 valence electrons. The van der Waals surface area contributed by atoms with Gasteiger partial charge in [0.2, 0.25) is 0 Å². The van der Waals surface area contributed by atoms with E-state index in [1.165, 1.54) is 36.9 Å². The van der Waals surface area contributed by atoms with Crippen LogP contribution in [0.15, 0.2) is 24.3 Å². The molecule has 1 aliphatic rings. The summed E-state index contributed by atoms with van der Waals surface area (Å²) in [5, 5.41) is 3.76. The average Bonchev–Trinajstić information content (AvgIpc) is 2.41. The van der Waals surface area contributed by atoms with Gasteiger partial charge >= 0.3 is 0 Å². The molecule has 1 saturated heterocycles. The van der Waals surface area contributed by atoms with Crippen molar-refractivity contribution in [3.63, 3.8) is 0 Å². The number of hydrogen-bond donors (Lipinski definition) is 1. The van der Waals surface area contributed by atoms with Crippen LogP contribution < -0.4 is 5.32 Å². The van der Waals surface area contributed by atoms with E-state index in [0.717, 1.165) is 19.0 Å². The van der Waals surface area contributed by atoms with E-state index in [2.05, 4.69) is 62.2 Å². The lowest BCUT2D eigenvalue weighted by Gasteiger charge is -2.41. The summed E-state index contributed by atoms with van der Waals surface area (Å²) in [5.41, 5.74) is 2.83. The molecule has 21 heavy (non-hydrogen) atoms. The molecule has 1 aromatic carbocycles. The largest absolute Gasteiger partial charge is 0.311 e. The normalized spacial score (nSPS) is 23.7. The third-order valence-corrected chi connectivity index (χ3v) is 4.46. The summed E-state index contributed by atoms with van der Waals surface area (Å²) >= 11 is 0. The number of benzene rings is 1. The van der Waals surface area contributed by atoms with Gasteiger partial charge < -0.3 is 5.32 Å². The van der Waals surface area contributed by atoms with E-state index in [-0.39, 0.29) is 0 Å². The predicted octanol–water partition coefficient (Wildman–Crippen LogP) is 3.98. The summed E-state index contributed by atoms with van der Waals surface area (Å²) in [4.78, 5) is 2.71. The van der Waals surface area contributed by atoms with Gasteiger partial charge in [0.25, 0.3) is 0 Å². The number of hydrogen-bond acceptors (Lipinski definition) is 2. The standard InChI is InChI=1S/C19H32N2/c1-5-7-18-14-21(19(12-20-18)10-15(2)3)13-17-9-6-8-16(4)11-17/h6,8-9,11,15,18-20H,5,7,10,12-14H2,1-4H3. The van der Waals surface area contributed by atoms with Crippen LogP contribution >= 0.6 is 0 Å². The molecule has 2 atom stereocenters. The molecule has 1 fully saturated rings. The molecule has 2 unspecified atom stereocenters. The molecule has 0 saturated carbocycles. The van der Waals surface area contributed by atoms with Gasteiger partial charge in [-0.2, -0.15) is 0 Å². The van der Waals surface area contributed by atoms with Gasteiger partial charge in [0.1, 0.15) is 0 Å². The third-order valence-electron chi connectivity index (χ3n) is 4.46. The van der Waals surface area contributed by atoms with Gasteiger partial charge in [-0.25, -0.2) is 0 Å². The van der Waals surface area contributed by atoms with Crippen LogP contribution in [0.2, 0.25) is 0 Å². The predicted molar refractivity (Wildman–Crippen MR) is 91.5 cm³/mol. The van der Waals surface area contributed by atoms with Crippen molar-refractivity contribution in [2.24, 2.45) is 5.92 Å². The van der Waals surface area contributed by atoms with E-state index in [1.807, 2.05) is 0 Å². The fourth-order valence-electron chi connectivity index (χ4n) is 3.49. The molecular formula is C19H32N2. The zero-order valence-electron chi connectivity index (χ0n) is 14.2. The molecule has 1 heterocycles. The van der Waals surface area contributed by atoms with Crippen LogP contribution in [0, 0.1) is 12.8 Å². The van der Waals surface area contributed by atoms with Crippen molar-refractivity contribution in [3.8, 4) is 0 Å². The van der Waals surface area contributed by atoms with Crippen molar-refractivity contribution in [1.29, 1.82) is 0 Å². The third kappa shape index (κ3) is 5.12. The fraction of sp³-hybridized carbons (Fsp3) is 0.684. The van der Waals surface area contributed by atoms with Crippen molar-refractivity contribution in [3.05, 3.63) is 35.4 Å². The van der Waals surface area contributed by atoms with Gasteiger partial charge in [0, 0.05) is 31.7 Å². The van der Waals surface area contributed by atoms with E-state index in [0.29, 0.717) is 12.1 Å². The minimum Gasteiger partial charge on any atom is -0.311 e. The minimum atomic E-state index is 0.670. The maximum absolute atomic E-state index is 3.76. The molecule has 2 rings (SSSR count). The Bertz CT molecular complexity index is 427. The van der Waals surface area contributed by atoms with Crippen molar-refractivity contribution >= 4 is 0 Å². The molecule has 0 bridgehead atoms. The fourth-order valence-corrected chi connectivity index (χ4v) is 3.49. The summed E-state index contributed by atoms with van der Waals surface area (Å²) in [5.74, 6) is 0.763. The Balaban J connectivity index is 2.05. The SMILES string of the molecule is CCCC1CN(Cc2cccc(C)c2)C(CC(C)C)CN1. The molecule has 0 amide bonds. The number of aryl methyl sites for hydroxylation is 1. The molecule has 1 aliphatic heterocycles. The highest BCUT2D eigenvalue weighted by Crippen LogP contribution is 2.20. The van der Waals surface area contributed by atoms with E-state index in [4.69, 9.17) is 0 Å². The first-order chi connectivity index (χ1) is 10.1. The lowest BCUT2D eigenvalue weighted by atomic mass is 9.97.